The molecule has 1 aromatic carbocycles. The standard InChI is InChI=1S/C21H23F3N4O3/c1-3-28(4-2)15-9-7-13(8-10-15)17-16(18(29)14-6-5-11-25-12-14)20(31,21(22,23)24)27-19(30)26-17/h5-12,16-17,31H,3-4H2,1-2H3,(H2,26,27,30)/t16-,17+,20-/m1/s1. The summed E-state index contributed by atoms with van der Waals surface area (Å²) in [4.78, 5) is 31.0. The van der Waals surface area contributed by atoms with Crippen LogP contribution in [0.15, 0.2) is 48.8 Å². The van der Waals surface area contributed by atoms with Crippen molar-refractivity contribution in [2.45, 2.75) is 31.8 Å². The normalized spacial score (nSPS) is 23.6. The summed E-state index contributed by atoms with van der Waals surface area (Å²) in [6.45, 7) is 5.40. The molecule has 3 N–H and O–H groups in total. The predicted molar refractivity (Wildman–Crippen MR) is 107 cm³/mol. The third-order valence-electron chi connectivity index (χ3n) is 5.42. The molecular weight excluding hydrogens is 413 g/mol. The molecule has 1 aliphatic heterocycles. The van der Waals surface area contributed by atoms with E-state index < -0.39 is 35.7 Å². The summed E-state index contributed by atoms with van der Waals surface area (Å²) in [7, 11) is 0. The highest BCUT2D eigenvalue weighted by atomic mass is 19.4. The van der Waals surface area contributed by atoms with E-state index in [2.05, 4.69) is 10.3 Å². The number of carbonyl (C=O) groups is 2. The van der Waals surface area contributed by atoms with Crippen LogP contribution in [0.2, 0.25) is 0 Å². The van der Waals surface area contributed by atoms with Gasteiger partial charge in [-0.1, -0.05) is 12.1 Å². The second-order valence-corrected chi connectivity index (χ2v) is 7.19. The number of carbonyl (C=O) groups excluding carboxylic acids is 2. The summed E-state index contributed by atoms with van der Waals surface area (Å²) in [5.74, 6) is -3.08. The lowest BCUT2D eigenvalue weighted by molar-refractivity contribution is -0.287. The van der Waals surface area contributed by atoms with E-state index in [1.54, 1.807) is 24.3 Å². The zero-order valence-electron chi connectivity index (χ0n) is 17.0. The fraction of sp³-hybridized carbons (Fsp3) is 0.381. The molecule has 166 valence electrons. The van der Waals surface area contributed by atoms with Crippen LogP contribution >= 0.6 is 0 Å². The zero-order chi connectivity index (χ0) is 22.8. The summed E-state index contributed by atoms with van der Waals surface area (Å²) in [5.41, 5.74) is -2.77. The maximum atomic E-state index is 13.9. The number of anilines is 1. The average molecular weight is 436 g/mol. The number of alkyl halides is 3. The van der Waals surface area contributed by atoms with Gasteiger partial charge in [0.15, 0.2) is 5.78 Å². The van der Waals surface area contributed by atoms with E-state index in [9.17, 15) is 27.9 Å². The van der Waals surface area contributed by atoms with Crippen molar-refractivity contribution >= 4 is 17.5 Å². The Morgan fingerprint density at radius 2 is 1.84 bits per heavy atom. The van der Waals surface area contributed by atoms with Crippen molar-refractivity contribution in [3.63, 3.8) is 0 Å². The summed E-state index contributed by atoms with van der Waals surface area (Å²) >= 11 is 0. The number of rotatable bonds is 6. The van der Waals surface area contributed by atoms with E-state index in [4.69, 9.17) is 0 Å². The second kappa shape index (κ2) is 8.54. The minimum Gasteiger partial charge on any atom is -0.372 e. The van der Waals surface area contributed by atoms with Gasteiger partial charge in [-0.2, -0.15) is 13.2 Å². The van der Waals surface area contributed by atoms with Gasteiger partial charge in [-0.3, -0.25) is 9.78 Å². The number of amides is 2. The van der Waals surface area contributed by atoms with E-state index in [1.807, 2.05) is 18.7 Å². The summed E-state index contributed by atoms with van der Waals surface area (Å²) < 4.78 is 41.7. The van der Waals surface area contributed by atoms with E-state index >= 15 is 0 Å². The lowest BCUT2D eigenvalue weighted by atomic mass is 9.77. The molecule has 31 heavy (non-hydrogen) atoms. The Bertz CT molecular complexity index is 933. The van der Waals surface area contributed by atoms with Crippen LogP contribution in [-0.2, 0) is 0 Å². The third-order valence-corrected chi connectivity index (χ3v) is 5.42. The highest BCUT2D eigenvalue weighted by Gasteiger charge is 2.66. The van der Waals surface area contributed by atoms with Gasteiger partial charge in [0.05, 0.1) is 6.04 Å². The Morgan fingerprint density at radius 3 is 2.35 bits per heavy atom. The largest absolute Gasteiger partial charge is 0.437 e. The molecule has 0 saturated carbocycles. The number of aromatic nitrogens is 1. The molecule has 0 spiro atoms. The van der Waals surface area contributed by atoms with Crippen LogP contribution in [0, 0.1) is 5.92 Å². The maximum Gasteiger partial charge on any atom is 0.437 e. The molecule has 2 heterocycles. The van der Waals surface area contributed by atoms with Crippen LogP contribution in [0.3, 0.4) is 0 Å². The number of Topliss-reactive ketones (excluding diaryl/α,β-unsaturated/α-hetero) is 1. The van der Waals surface area contributed by atoms with Crippen LogP contribution in [-0.4, -0.2) is 46.9 Å². The Hall–Kier alpha value is -3.14. The molecule has 1 saturated heterocycles. The van der Waals surface area contributed by atoms with E-state index in [0.29, 0.717) is 0 Å². The topological polar surface area (TPSA) is 94.6 Å². The predicted octanol–water partition coefficient (Wildman–Crippen LogP) is 3.03. The summed E-state index contributed by atoms with van der Waals surface area (Å²) in [6, 6.07) is 6.57. The minimum atomic E-state index is -5.30. The van der Waals surface area contributed by atoms with Gasteiger partial charge in [-0.05, 0) is 43.7 Å². The molecule has 1 fully saturated rings. The number of hydrogen-bond donors (Lipinski definition) is 3. The first kappa shape index (κ1) is 22.5. The van der Waals surface area contributed by atoms with Gasteiger partial charge in [0, 0.05) is 36.7 Å². The van der Waals surface area contributed by atoms with Gasteiger partial charge in [0.1, 0.15) is 5.92 Å². The quantitative estimate of drug-likeness (QED) is 0.606. The molecule has 0 bridgehead atoms. The number of halogens is 3. The SMILES string of the molecule is CCN(CC)c1ccc([C@@H]2NC(=O)N[C@](O)(C(F)(F)F)[C@H]2C(=O)c2cccnc2)cc1. The van der Waals surface area contributed by atoms with Gasteiger partial charge >= 0.3 is 12.2 Å². The molecule has 2 aromatic rings. The van der Waals surface area contributed by atoms with Crippen molar-refractivity contribution in [1.29, 1.82) is 0 Å². The van der Waals surface area contributed by atoms with Gasteiger partial charge in [-0.15, -0.1) is 0 Å². The Morgan fingerprint density at radius 1 is 1.19 bits per heavy atom. The van der Waals surface area contributed by atoms with Gasteiger partial charge in [0.2, 0.25) is 5.72 Å². The number of pyridine rings is 1. The van der Waals surface area contributed by atoms with E-state index in [1.165, 1.54) is 23.6 Å². The number of ketones is 1. The molecule has 1 aliphatic rings. The highest BCUT2D eigenvalue weighted by molar-refractivity contribution is 6.00. The average Bonchev–Trinajstić information content (AvgIpc) is 2.74. The van der Waals surface area contributed by atoms with E-state index in [0.717, 1.165) is 25.0 Å². The number of nitrogens with one attached hydrogen (secondary N) is 2. The van der Waals surface area contributed by atoms with Crippen LogP contribution < -0.4 is 15.5 Å². The smallest absolute Gasteiger partial charge is 0.372 e. The zero-order valence-corrected chi connectivity index (χ0v) is 17.0. The first-order valence-corrected chi connectivity index (χ1v) is 9.79. The molecule has 0 radical (unpaired) electrons. The van der Waals surface area contributed by atoms with Crippen LogP contribution in [0.25, 0.3) is 0 Å². The van der Waals surface area contributed by atoms with Gasteiger partial charge in [-0.25, -0.2) is 4.79 Å². The number of aliphatic hydroxyl groups is 1. The molecule has 1 aromatic heterocycles. The first-order chi connectivity index (χ1) is 14.6. The third kappa shape index (κ3) is 4.20. The van der Waals surface area contributed by atoms with Gasteiger partial charge < -0.3 is 20.6 Å². The lowest BCUT2D eigenvalue weighted by Gasteiger charge is -2.45. The van der Waals surface area contributed by atoms with Gasteiger partial charge in [0.25, 0.3) is 0 Å². The minimum absolute atomic E-state index is 0.113. The van der Waals surface area contributed by atoms with Crippen molar-refractivity contribution in [3.05, 3.63) is 59.9 Å². The lowest BCUT2D eigenvalue weighted by Crippen LogP contribution is -2.72. The van der Waals surface area contributed by atoms with Crippen LogP contribution in [0.5, 0.6) is 0 Å². The Balaban J connectivity index is 2.09. The van der Waals surface area contributed by atoms with Crippen molar-refractivity contribution in [2.24, 2.45) is 5.92 Å². The fourth-order valence-electron chi connectivity index (χ4n) is 3.79. The molecule has 7 nitrogen and oxygen atoms in total. The molecular formula is C21H23F3N4O3. The molecule has 3 rings (SSSR count). The van der Waals surface area contributed by atoms with Crippen LogP contribution in [0.1, 0.15) is 35.8 Å². The van der Waals surface area contributed by atoms with Crippen molar-refractivity contribution in [2.75, 3.05) is 18.0 Å². The molecule has 0 unspecified atom stereocenters. The van der Waals surface area contributed by atoms with Crippen molar-refractivity contribution in [3.8, 4) is 0 Å². The monoisotopic (exact) mass is 436 g/mol. The van der Waals surface area contributed by atoms with E-state index in [-0.39, 0.29) is 11.1 Å². The van der Waals surface area contributed by atoms with Crippen molar-refractivity contribution < 1.29 is 27.9 Å². The number of urea groups is 1. The number of benzene rings is 1. The second-order valence-electron chi connectivity index (χ2n) is 7.19. The number of nitrogens with zero attached hydrogens (tertiary/aromatic N) is 2. The number of hydrogen-bond acceptors (Lipinski definition) is 5. The summed E-state index contributed by atoms with van der Waals surface area (Å²) in [5, 5.41) is 14.5. The van der Waals surface area contributed by atoms with Crippen LogP contribution in [0.4, 0.5) is 23.7 Å². The van der Waals surface area contributed by atoms with Crippen molar-refractivity contribution in [1.82, 2.24) is 15.6 Å². The molecule has 3 atom stereocenters. The summed E-state index contributed by atoms with van der Waals surface area (Å²) in [6.07, 6.45) is -2.81. The Labute approximate surface area is 177 Å². The Kier molecular flexibility index (Phi) is 6.21. The molecule has 2 amide bonds. The first-order valence-electron chi connectivity index (χ1n) is 9.79. The molecule has 10 heteroatoms. The maximum absolute atomic E-state index is 13.9. The highest BCUT2D eigenvalue weighted by Crippen LogP contribution is 2.44. The molecule has 0 aliphatic carbocycles. The fourth-order valence-corrected chi connectivity index (χ4v) is 3.79.